The third-order valence-corrected chi connectivity index (χ3v) is 3.25. The average molecular weight is 213 g/mol. The van der Waals surface area contributed by atoms with Crippen LogP contribution in [-0.4, -0.2) is 29.0 Å². The molecule has 1 aliphatic rings. The summed E-state index contributed by atoms with van der Waals surface area (Å²) in [5.41, 5.74) is 8.59. The van der Waals surface area contributed by atoms with E-state index in [0.717, 1.165) is 6.42 Å². The number of carbonyl (C=O) groups is 1. The molecule has 0 radical (unpaired) electrons. The highest BCUT2D eigenvalue weighted by molar-refractivity contribution is 5.79. The van der Waals surface area contributed by atoms with Crippen LogP contribution < -0.4 is 11.2 Å². The van der Waals surface area contributed by atoms with Crippen molar-refractivity contribution >= 4 is 5.91 Å². The zero-order chi connectivity index (χ0) is 11.4. The minimum Gasteiger partial charge on any atom is -0.368 e. The van der Waals surface area contributed by atoms with E-state index in [1.165, 1.54) is 19.3 Å². The smallest absolute Gasteiger partial charge is 0.235 e. The van der Waals surface area contributed by atoms with Crippen molar-refractivity contribution in [2.24, 2.45) is 5.73 Å². The molecule has 0 saturated carbocycles. The van der Waals surface area contributed by atoms with Gasteiger partial charge in [-0.3, -0.25) is 4.79 Å². The number of hydrogen-bond acceptors (Lipinski definition) is 3. The Bertz CT molecular complexity index is 210. The summed E-state index contributed by atoms with van der Waals surface area (Å²) in [6, 6.07) is 0.747. The van der Waals surface area contributed by atoms with E-state index < -0.39 is 0 Å². The van der Waals surface area contributed by atoms with Crippen LogP contribution in [0.3, 0.4) is 0 Å². The van der Waals surface area contributed by atoms with Crippen LogP contribution in [0.5, 0.6) is 0 Å². The summed E-state index contributed by atoms with van der Waals surface area (Å²) in [4.78, 5) is 11.2. The van der Waals surface area contributed by atoms with Gasteiger partial charge in [-0.15, -0.1) is 0 Å². The molecular weight excluding hydrogens is 190 g/mol. The summed E-state index contributed by atoms with van der Waals surface area (Å²) in [5.74, 6) is -0.262. The van der Waals surface area contributed by atoms with Gasteiger partial charge < -0.3 is 5.73 Å². The van der Waals surface area contributed by atoms with Crippen molar-refractivity contribution in [3.63, 3.8) is 0 Å². The molecule has 0 aromatic rings. The Hall–Kier alpha value is -0.610. The summed E-state index contributed by atoms with van der Waals surface area (Å²) in [5, 5.41) is 2.20. The summed E-state index contributed by atoms with van der Waals surface area (Å²) in [7, 11) is 0. The molecule has 1 heterocycles. The monoisotopic (exact) mass is 213 g/mol. The van der Waals surface area contributed by atoms with Crippen molar-refractivity contribution in [3.05, 3.63) is 0 Å². The molecule has 3 atom stereocenters. The molecule has 0 aliphatic carbocycles. The number of rotatable bonds is 4. The van der Waals surface area contributed by atoms with Gasteiger partial charge in [0.05, 0.1) is 6.04 Å². The maximum absolute atomic E-state index is 11.2. The fourth-order valence-corrected chi connectivity index (χ4v) is 2.21. The number of nitrogens with two attached hydrogens (primary N) is 1. The van der Waals surface area contributed by atoms with Crippen LogP contribution in [0.1, 0.15) is 46.5 Å². The highest BCUT2D eigenvalue weighted by Gasteiger charge is 2.27. The van der Waals surface area contributed by atoms with Gasteiger partial charge in [0.2, 0.25) is 5.91 Å². The highest BCUT2D eigenvalue weighted by atomic mass is 16.1. The molecule has 4 nitrogen and oxygen atoms in total. The summed E-state index contributed by atoms with van der Waals surface area (Å²) in [6.07, 6.45) is 4.39. The number of nitrogens with one attached hydrogen (secondary N) is 1. The summed E-state index contributed by atoms with van der Waals surface area (Å²) in [6.45, 7) is 6.36. The van der Waals surface area contributed by atoms with E-state index in [1.807, 2.05) is 6.92 Å². The Kier molecular flexibility index (Phi) is 4.54. The van der Waals surface area contributed by atoms with Gasteiger partial charge in [-0.1, -0.05) is 13.3 Å². The molecule has 1 amide bonds. The van der Waals surface area contributed by atoms with Crippen molar-refractivity contribution in [1.29, 1.82) is 0 Å². The van der Waals surface area contributed by atoms with Crippen LogP contribution in [0.15, 0.2) is 0 Å². The van der Waals surface area contributed by atoms with Gasteiger partial charge in [0, 0.05) is 12.1 Å². The lowest BCUT2D eigenvalue weighted by atomic mass is 9.99. The standard InChI is InChI=1S/C11H23N3O/c1-4-10(11(12)15)13-14-8(2)6-5-7-9(14)3/h8-10,13H,4-7H2,1-3H3,(H2,12,15). The van der Waals surface area contributed by atoms with Crippen molar-refractivity contribution in [1.82, 2.24) is 10.4 Å². The number of amides is 1. The second kappa shape index (κ2) is 5.47. The molecule has 0 bridgehead atoms. The molecule has 15 heavy (non-hydrogen) atoms. The van der Waals surface area contributed by atoms with E-state index in [4.69, 9.17) is 5.73 Å². The minimum atomic E-state index is -0.262. The molecular formula is C11H23N3O. The third kappa shape index (κ3) is 3.18. The fraction of sp³-hybridized carbons (Fsp3) is 0.909. The lowest BCUT2D eigenvalue weighted by Crippen LogP contribution is -2.58. The molecule has 0 aromatic heterocycles. The number of primary amides is 1. The van der Waals surface area contributed by atoms with Crippen LogP contribution in [0.25, 0.3) is 0 Å². The van der Waals surface area contributed by atoms with Gasteiger partial charge in [0.1, 0.15) is 0 Å². The van der Waals surface area contributed by atoms with E-state index in [9.17, 15) is 4.79 Å². The predicted molar refractivity (Wildman–Crippen MR) is 61.0 cm³/mol. The first-order valence-corrected chi connectivity index (χ1v) is 5.90. The highest BCUT2D eigenvalue weighted by Crippen LogP contribution is 2.20. The molecule has 1 aliphatic heterocycles. The number of piperidine rings is 1. The van der Waals surface area contributed by atoms with Gasteiger partial charge in [-0.05, 0) is 33.1 Å². The van der Waals surface area contributed by atoms with Crippen LogP contribution in [-0.2, 0) is 4.79 Å². The number of hydrazine groups is 1. The minimum absolute atomic E-state index is 0.229. The molecule has 88 valence electrons. The van der Waals surface area contributed by atoms with Crippen molar-refractivity contribution < 1.29 is 4.79 Å². The first-order chi connectivity index (χ1) is 7.06. The average Bonchev–Trinajstić information content (AvgIpc) is 2.17. The topological polar surface area (TPSA) is 58.4 Å². The van der Waals surface area contributed by atoms with Crippen LogP contribution in [0.4, 0.5) is 0 Å². The fourth-order valence-electron chi connectivity index (χ4n) is 2.21. The molecule has 3 N–H and O–H groups in total. The van der Waals surface area contributed by atoms with E-state index >= 15 is 0 Å². The molecule has 1 saturated heterocycles. The zero-order valence-corrected chi connectivity index (χ0v) is 9.99. The van der Waals surface area contributed by atoms with E-state index in [1.54, 1.807) is 0 Å². The van der Waals surface area contributed by atoms with Gasteiger partial charge in [-0.2, -0.15) is 0 Å². The van der Waals surface area contributed by atoms with Crippen molar-refractivity contribution in [2.45, 2.75) is 64.6 Å². The Morgan fingerprint density at radius 2 is 2.00 bits per heavy atom. The maximum Gasteiger partial charge on any atom is 0.235 e. The van der Waals surface area contributed by atoms with Crippen LogP contribution >= 0.6 is 0 Å². The first kappa shape index (κ1) is 12.5. The first-order valence-electron chi connectivity index (χ1n) is 5.90. The Morgan fingerprint density at radius 1 is 1.47 bits per heavy atom. The number of nitrogens with zero attached hydrogens (tertiary/aromatic N) is 1. The Morgan fingerprint density at radius 3 is 2.40 bits per heavy atom. The third-order valence-electron chi connectivity index (χ3n) is 3.25. The van der Waals surface area contributed by atoms with Crippen molar-refractivity contribution in [2.75, 3.05) is 0 Å². The lowest BCUT2D eigenvalue weighted by Gasteiger charge is -2.40. The largest absolute Gasteiger partial charge is 0.368 e. The SMILES string of the molecule is CCC(NN1C(C)CCCC1C)C(N)=O. The normalized spacial score (nSPS) is 30.1. The van der Waals surface area contributed by atoms with Crippen molar-refractivity contribution in [3.8, 4) is 0 Å². The van der Waals surface area contributed by atoms with E-state index in [0.29, 0.717) is 12.1 Å². The van der Waals surface area contributed by atoms with E-state index in [2.05, 4.69) is 24.3 Å². The Balaban J connectivity index is 2.56. The van der Waals surface area contributed by atoms with Gasteiger partial charge >= 0.3 is 0 Å². The molecule has 1 fully saturated rings. The van der Waals surface area contributed by atoms with Crippen LogP contribution in [0, 0.1) is 0 Å². The molecule has 0 spiro atoms. The quantitative estimate of drug-likeness (QED) is 0.733. The summed E-state index contributed by atoms with van der Waals surface area (Å²) < 4.78 is 0. The van der Waals surface area contributed by atoms with E-state index in [-0.39, 0.29) is 11.9 Å². The second-order valence-corrected chi connectivity index (χ2v) is 4.53. The molecule has 4 heteroatoms. The second-order valence-electron chi connectivity index (χ2n) is 4.53. The van der Waals surface area contributed by atoms with Gasteiger partial charge in [0.15, 0.2) is 0 Å². The molecule has 3 unspecified atom stereocenters. The molecule has 0 aromatic carbocycles. The lowest BCUT2D eigenvalue weighted by molar-refractivity contribution is -0.122. The number of hydrogen-bond donors (Lipinski definition) is 2. The van der Waals surface area contributed by atoms with Gasteiger partial charge in [-0.25, -0.2) is 10.4 Å². The molecule has 1 rings (SSSR count). The predicted octanol–water partition coefficient (Wildman–Crippen LogP) is 1.02. The Labute approximate surface area is 92.2 Å². The van der Waals surface area contributed by atoms with Gasteiger partial charge in [0.25, 0.3) is 0 Å². The van der Waals surface area contributed by atoms with Crippen LogP contribution in [0.2, 0.25) is 0 Å². The zero-order valence-electron chi connectivity index (χ0n) is 9.99. The number of carbonyl (C=O) groups excluding carboxylic acids is 1. The maximum atomic E-state index is 11.2. The summed E-state index contributed by atoms with van der Waals surface area (Å²) >= 11 is 0.